The Labute approximate surface area is 125 Å². The smallest absolute Gasteiger partial charge is 0.335 e. The van der Waals surface area contributed by atoms with Crippen molar-refractivity contribution in [1.82, 2.24) is 4.90 Å². The van der Waals surface area contributed by atoms with Gasteiger partial charge in [-0.3, -0.25) is 0 Å². The summed E-state index contributed by atoms with van der Waals surface area (Å²) in [5.74, 6) is -1.04. The Morgan fingerprint density at radius 3 is 2.45 bits per heavy atom. The number of carbonyl (C=O) groups is 2. The predicted octanol–water partition coefficient (Wildman–Crippen LogP) is 2.38. The van der Waals surface area contributed by atoms with Crippen LogP contribution in [0.4, 0.5) is 10.5 Å². The number of benzene rings is 1. The first-order valence-electron chi connectivity index (χ1n) is 5.87. The third-order valence-corrected chi connectivity index (χ3v) is 3.08. The molecule has 2 amide bonds. The van der Waals surface area contributed by atoms with Crippen molar-refractivity contribution in [2.24, 2.45) is 0 Å². The van der Waals surface area contributed by atoms with Crippen LogP contribution in [0.5, 0.6) is 0 Å². The number of halogens is 1. The van der Waals surface area contributed by atoms with Crippen molar-refractivity contribution in [2.75, 3.05) is 18.9 Å². The molecule has 0 aliphatic carbocycles. The highest BCUT2D eigenvalue weighted by atomic mass is 79.9. The van der Waals surface area contributed by atoms with Crippen LogP contribution in [-0.4, -0.2) is 46.3 Å². The van der Waals surface area contributed by atoms with Crippen LogP contribution < -0.4 is 5.32 Å². The molecule has 110 valence electrons. The van der Waals surface area contributed by atoms with Gasteiger partial charge in [0.2, 0.25) is 0 Å². The highest BCUT2D eigenvalue weighted by molar-refractivity contribution is 9.10. The quantitative estimate of drug-likeness (QED) is 0.782. The van der Waals surface area contributed by atoms with Gasteiger partial charge in [-0.2, -0.15) is 0 Å². The van der Waals surface area contributed by atoms with Gasteiger partial charge in [0, 0.05) is 11.5 Å². The molecule has 0 spiro atoms. The number of nitrogens with zero attached hydrogens (tertiary/aromatic N) is 1. The fourth-order valence-corrected chi connectivity index (χ4v) is 2.09. The van der Waals surface area contributed by atoms with Gasteiger partial charge in [-0.15, -0.1) is 0 Å². The molecule has 0 saturated heterocycles. The van der Waals surface area contributed by atoms with Crippen LogP contribution in [0.25, 0.3) is 0 Å². The molecule has 0 saturated carbocycles. The van der Waals surface area contributed by atoms with Crippen LogP contribution in [0.15, 0.2) is 22.7 Å². The van der Waals surface area contributed by atoms with Gasteiger partial charge < -0.3 is 20.4 Å². The van der Waals surface area contributed by atoms with E-state index in [1.807, 2.05) is 0 Å². The summed E-state index contributed by atoms with van der Waals surface area (Å²) < 4.78 is 0.474. The fraction of sp³-hybridized carbons (Fsp3) is 0.385. The summed E-state index contributed by atoms with van der Waals surface area (Å²) >= 11 is 3.21. The molecule has 0 bridgehead atoms. The van der Waals surface area contributed by atoms with Crippen molar-refractivity contribution in [3.63, 3.8) is 0 Å². The number of hydrogen-bond donors (Lipinski definition) is 3. The molecule has 0 radical (unpaired) electrons. The standard InChI is InChI=1S/C13H17BrN2O4/c1-13(2,20)7-16(3)12(19)15-10-5-4-8(11(17)18)6-9(10)14/h4-6,20H,7H2,1-3H3,(H,15,19)(H,17,18). The van der Waals surface area contributed by atoms with Gasteiger partial charge in [0.15, 0.2) is 0 Å². The Kier molecular flexibility index (Phi) is 5.13. The molecule has 0 unspecified atom stereocenters. The van der Waals surface area contributed by atoms with Gasteiger partial charge >= 0.3 is 12.0 Å². The van der Waals surface area contributed by atoms with Crippen LogP contribution in [0.1, 0.15) is 24.2 Å². The number of likely N-dealkylation sites (N-methyl/N-ethyl adjacent to an activating group) is 1. The molecule has 7 heteroatoms. The summed E-state index contributed by atoms with van der Waals surface area (Å²) in [5, 5.41) is 21.1. The normalized spacial score (nSPS) is 11.1. The van der Waals surface area contributed by atoms with Crippen molar-refractivity contribution in [3.8, 4) is 0 Å². The molecule has 0 fully saturated rings. The minimum Gasteiger partial charge on any atom is -0.478 e. The minimum atomic E-state index is -1.04. The molecule has 0 heterocycles. The second kappa shape index (κ2) is 6.23. The maximum Gasteiger partial charge on any atom is 0.335 e. The number of carboxylic acids is 1. The SMILES string of the molecule is CN(CC(C)(C)O)C(=O)Nc1ccc(C(=O)O)cc1Br. The summed E-state index contributed by atoms with van der Waals surface area (Å²) in [6.07, 6.45) is 0. The molecular weight excluding hydrogens is 328 g/mol. The summed E-state index contributed by atoms with van der Waals surface area (Å²) in [4.78, 5) is 24.1. The largest absolute Gasteiger partial charge is 0.478 e. The summed E-state index contributed by atoms with van der Waals surface area (Å²) in [7, 11) is 1.56. The van der Waals surface area contributed by atoms with E-state index in [1.165, 1.54) is 23.1 Å². The Morgan fingerprint density at radius 1 is 1.40 bits per heavy atom. The Hall–Kier alpha value is -1.60. The second-order valence-corrected chi connectivity index (χ2v) is 5.95. The maximum absolute atomic E-state index is 11.9. The average molecular weight is 345 g/mol. The first-order chi connectivity index (χ1) is 9.10. The van der Waals surface area contributed by atoms with E-state index in [0.717, 1.165) is 0 Å². The molecule has 6 nitrogen and oxygen atoms in total. The van der Waals surface area contributed by atoms with E-state index in [2.05, 4.69) is 21.2 Å². The number of amides is 2. The maximum atomic E-state index is 11.9. The number of hydrogen-bond acceptors (Lipinski definition) is 3. The molecule has 1 aromatic rings. The van der Waals surface area contributed by atoms with Crippen molar-refractivity contribution in [2.45, 2.75) is 19.4 Å². The first-order valence-corrected chi connectivity index (χ1v) is 6.67. The van der Waals surface area contributed by atoms with E-state index in [1.54, 1.807) is 20.9 Å². The molecular formula is C13H17BrN2O4. The Bertz CT molecular complexity index is 526. The van der Waals surface area contributed by atoms with E-state index in [-0.39, 0.29) is 12.1 Å². The van der Waals surface area contributed by atoms with Gasteiger partial charge in [-0.1, -0.05) is 0 Å². The lowest BCUT2D eigenvalue weighted by Gasteiger charge is -2.25. The van der Waals surface area contributed by atoms with Crippen molar-refractivity contribution in [3.05, 3.63) is 28.2 Å². The van der Waals surface area contributed by atoms with Crippen molar-refractivity contribution < 1.29 is 19.8 Å². The summed E-state index contributed by atoms with van der Waals surface area (Å²) in [5.41, 5.74) is -0.404. The van der Waals surface area contributed by atoms with Crippen molar-refractivity contribution in [1.29, 1.82) is 0 Å². The molecule has 0 atom stereocenters. The van der Waals surface area contributed by atoms with E-state index in [9.17, 15) is 14.7 Å². The van der Waals surface area contributed by atoms with Gasteiger partial charge in [-0.25, -0.2) is 9.59 Å². The van der Waals surface area contributed by atoms with E-state index in [0.29, 0.717) is 10.2 Å². The Balaban J connectivity index is 2.78. The molecule has 0 aliphatic rings. The number of anilines is 1. The lowest BCUT2D eigenvalue weighted by atomic mass is 10.1. The van der Waals surface area contributed by atoms with E-state index in [4.69, 9.17) is 5.11 Å². The van der Waals surface area contributed by atoms with E-state index >= 15 is 0 Å². The number of aliphatic hydroxyl groups is 1. The topological polar surface area (TPSA) is 89.9 Å². The molecule has 1 rings (SSSR count). The number of urea groups is 1. The predicted molar refractivity (Wildman–Crippen MR) is 79.0 cm³/mol. The number of nitrogens with one attached hydrogen (secondary N) is 1. The van der Waals surface area contributed by atoms with Crippen LogP contribution in [0, 0.1) is 0 Å². The average Bonchev–Trinajstić information content (AvgIpc) is 2.29. The Morgan fingerprint density at radius 2 is 2.00 bits per heavy atom. The van der Waals surface area contributed by atoms with E-state index < -0.39 is 17.6 Å². The third-order valence-electron chi connectivity index (χ3n) is 2.43. The number of carboxylic acid groups (broad SMARTS) is 1. The van der Waals surface area contributed by atoms with Gasteiger partial charge in [0.1, 0.15) is 0 Å². The zero-order chi connectivity index (χ0) is 15.5. The molecule has 0 aromatic heterocycles. The zero-order valence-corrected chi connectivity index (χ0v) is 13.1. The van der Waals surface area contributed by atoms with Gasteiger partial charge in [-0.05, 0) is 48.0 Å². The molecule has 1 aromatic carbocycles. The first kappa shape index (κ1) is 16.5. The minimum absolute atomic E-state index is 0.125. The fourth-order valence-electron chi connectivity index (χ4n) is 1.61. The zero-order valence-electron chi connectivity index (χ0n) is 11.5. The van der Waals surface area contributed by atoms with Gasteiger partial charge in [0.05, 0.1) is 23.4 Å². The third kappa shape index (κ3) is 4.82. The second-order valence-electron chi connectivity index (χ2n) is 5.10. The lowest BCUT2D eigenvalue weighted by molar-refractivity contribution is 0.0550. The highest BCUT2D eigenvalue weighted by Gasteiger charge is 2.20. The number of rotatable bonds is 4. The molecule has 3 N–H and O–H groups in total. The van der Waals surface area contributed by atoms with Gasteiger partial charge in [0.25, 0.3) is 0 Å². The summed E-state index contributed by atoms with van der Waals surface area (Å²) in [6, 6.07) is 3.92. The highest BCUT2D eigenvalue weighted by Crippen LogP contribution is 2.24. The van der Waals surface area contributed by atoms with Crippen molar-refractivity contribution >= 4 is 33.6 Å². The summed E-state index contributed by atoms with van der Waals surface area (Å²) in [6.45, 7) is 3.38. The lowest BCUT2D eigenvalue weighted by Crippen LogP contribution is -2.41. The van der Waals surface area contributed by atoms with Crippen LogP contribution >= 0.6 is 15.9 Å². The number of carbonyl (C=O) groups excluding carboxylic acids is 1. The molecule has 20 heavy (non-hydrogen) atoms. The van der Waals surface area contributed by atoms with Crippen LogP contribution in [-0.2, 0) is 0 Å². The number of aromatic carboxylic acids is 1. The van der Waals surface area contributed by atoms with Crippen LogP contribution in [0.2, 0.25) is 0 Å². The monoisotopic (exact) mass is 344 g/mol. The van der Waals surface area contributed by atoms with Crippen LogP contribution in [0.3, 0.4) is 0 Å². The molecule has 0 aliphatic heterocycles.